The van der Waals surface area contributed by atoms with E-state index in [1.54, 1.807) is 12.1 Å². The number of carboxylic acid groups (broad SMARTS) is 1. The third-order valence-electron chi connectivity index (χ3n) is 4.02. The van der Waals surface area contributed by atoms with E-state index in [1.165, 1.54) is 0 Å². The van der Waals surface area contributed by atoms with Gasteiger partial charge in [-0.3, -0.25) is 4.79 Å². The highest BCUT2D eigenvalue weighted by molar-refractivity contribution is 14.1. The highest BCUT2D eigenvalue weighted by Gasteiger charge is 2.22. The average Bonchev–Trinajstić information content (AvgIpc) is 2.62. The molecular formula is C20H16INO3. The molecule has 25 heavy (non-hydrogen) atoms. The monoisotopic (exact) mass is 445 g/mol. The molecule has 4 nitrogen and oxygen atoms in total. The highest BCUT2D eigenvalue weighted by Crippen LogP contribution is 2.19. The van der Waals surface area contributed by atoms with Crippen molar-refractivity contribution >= 4 is 45.2 Å². The topological polar surface area (TPSA) is 66.4 Å². The minimum Gasteiger partial charge on any atom is -0.480 e. The second-order valence-corrected chi connectivity index (χ2v) is 6.85. The van der Waals surface area contributed by atoms with E-state index in [0.717, 1.165) is 19.9 Å². The number of nitrogens with one attached hydrogen (secondary N) is 1. The van der Waals surface area contributed by atoms with Crippen LogP contribution in [0.3, 0.4) is 0 Å². The van der Waals surface area contributed by atoms with Crippen LogP contribution >= 0.6 is 22.6 Å². The number of rotatable bonds is 5. The molecule has 0 unspecified atom stereocenters. The molecule has 0 spiro atoms. The number of hydrogen-bond acceptors (Lipinski definition) is 2. The number of fused-ring (bicyclic) bond motifs is 1. The Morgan fingerprint density at radius 2 is 1.64 bits per heavy atom. The normalized spacial score (nSPS) is 11.9. The zero-order valence-corrected chi connectivity index (χ0v) is 15.4. The lowest BCUT2D eigenvalue weighted by Crippen LogP contribution is -2.42. The van der Waals surface area contributed by atoms with E-state index in [2.05, 4.69) is 27.9 Å². The van der Waals surface area contributed by atoms with E-state index in [1.807, 2.05) is 54.6 Å². The fourth-order valence-corrected chi connectivity index (χ4v) is 3.35. The molecule has 0 radical (unpaired) electrons. The first kappa shape index (κ1) is 17.4. The summed E-state index contributed by atoms with van der Waals surface area (Å²) in [4.78, 5) is 24.3. The fourth-order valence-electron chi connectivity index (χ4n) is 2.74. The van der Waals surface area contributed by atoms with Gasteiger partial charge in [0.2, 0.25) is 0 Å². The van der Waals surface area contributed by atoms with Gasteiger partial charge in [0.05, 0.1) is 0 Å². The van der Waals surface area contributed by atoms with Gasteiger partial charge in [-0.05, 0) is 51.1 Å². The van der Waals surface area contributed by atoms with Gasteiger partial charge in [0, 0.05) is 15.6 Å². The number of carboxylic acids is 1. The maximum absolute atomic E-state index is 12.7. The number of aliphatic carboxylic acids is 1. The van der Waals surface area contributed by atoms with Crippen LogP contribution in [0.15, 0.2) is 66.7 Å². The van der Waals surface area contributed by atoms with Crippen molar-refractivity contribution in [2.45, 2.75) is 12.5 Å². The van der Waals surface area contributed by atoms with Crippen LogP contribution < -0.4 is 5.32 Å². The molecule has 3 aromatic carbocycles. The molecule has 126 valence electrons. The molecule has 3 rings (SSSR count). The van der Waals surface area contributed by atoms with E-state index in [0.29, 0.717) is 5.56 Å². The Bertz CT molecular complexity index is 934. The quantitative estimate of drug-likeness (QED) is 0.587. The molecule has 5 heteroatoms. The van der Waals surface area contributed by atoms with Gasteiger partial charge in [0.25, 0.3) is 5.91 Å². The lowest BCUT2D eigenvalue weighted by molar-refractivity contribution is -0.139. The SMILES string of the molecule is O=C(N[C@@H](Cc1ccccc1I)C(=O)O)c1cccc2ccccc12. The largest absolute Gasteiger partial charge is 0.480 e. The molecule has 0 aliphatic carbocycles. The lowest BCUT2D eigenvalue weighted by atomic mass is 10.0. The number of hydrogen-bond donors (Lipinski definition) is 2. The first-order chi connectivity index (χ1) is 12.1. The van der Waals surface area contributed by atoms with E-state index >= 15 is 0 Å². The molecule has 0 aromatic heterocycles. The van der Waals surface area contributed by atoms with Crippen molar-refractivity contribution in [2.75, 3.05) is 0 Å². The number of benzene rings is 3. The van der Waals surface area contributed by atoms with Crippen molar-refractivity contribution in [1.29, 1.82) is 0 Å². The van der Waals surface area contributed by atoms with E-state index in [-0.39, 0.29) is 12.3 Å². The van der Waals surface area contributed by atoms with Gasteiger partial charge in [-0.15, -0.1) is 0 Å². The zero-order chi connectivity index (χ0) is 17.8. The summed E-state index contributed by atoms with van der Waals surface area (Å²) in [6.07, 6.45) is 0.241. The fraction of sp³-hybridized carbons (Fsp3) is 0.100. The Balaban J connectivity index is 1.86. The smallest absolute Gasteiger partial charge is 0.326 e. The maximum atomic E-state index is 12.7. The number of carbonyl (C=O) groups is 2. The minimum absolute atomic E-state index is 0.241. The third-order valence-corrected chi connectivity index (χ3v) is 5.07. The van der Waals surface area contributed by atoms with Gasteiger partial charge < -0.3 is 10.4 Å². The van der Waals surface area contributed by atoms with Gasteiger partial charge in [0.1, 0.15) is 6.04 Å². The predicted molar refractivity (Wildman–Crippen MR) is 106 cm³/mol. The Morgan fingerprint density at radius 3 is 2.40 bits per heavy atom. The second kappa shape index (κ2) is 7.65. The van der Waals surface area contributed by atoms with Gasteiger partial charge in [0.15, 0.2) is 0 Å². The second-order valence-electron chi connectivity index (χ2n) is 5.69. The van der Waals surface area contributed by atoms with E-state index in [9.17, 15) is 14.7 Å². The third kappa shape index (κ3) is 3.99. The molecule has 0 heterocycles. The van der Waals surface area contributed by atoms with Crippen LogP contribution in [-0.2, 0) is 11.2 Å². The Labute approximate surface area is 159 Å². The Kier molecular flexibility index (Phi) is 5.33. The van der Waals surface area contributed by atoms with Gasteiger partial charge in [-0.2, -0.15) is 0 Å². The summed E-state index contributed by atoms with van der Waals surface area (Å²) in [5, 5.41) is 13.9. The van der Waals surface area contributed by atoms with Crippen LogP contribution in [0.25, 0.3) is 10.8 Å². The average molecular weight is 445 g/mol. The Hall–Kier alpha value is -2.41. The Morgan fingerprint density at radius 1 is 0.960 bits per heavy atom. The van der Waals surface area contributed by atoms with Gasteiger partial charge in [-0.25, -0.2) is 4.79 Å². The first-order valence-corrected chi connectivity index (χ1v) is 8.89. The number of carbonyl (C=O) groups excluding carboxylic acids is 1. The molecule has 0 saturated carbocycles. The molecule has 1 atom stereocenters. The van der Waals surface area contributed by atoms with Gasteiger partial charge >= 0.3 is 5.97 Å². The van der Waals surface area contributed by atoms with E-state index in [4.69, 9.17) is 0 Å². The van der Waals surface area contributed by atoms with Crippen molar-refractivity contribution in [3.63, 3.8) is 0 Å². The number of halogens is 1. The summed E-state index contributed by atoms with van der Waals surface area (Å²) in [7, 11) is 0. The molecule has 0 bridgehead atoms. The standard InChI is InChI=1S/C20H16INO3/c21-17-11-4-2-7-14(17)12-18(20(24)25)22-19(23)16-10-5-8-13-6-1-3-9-15(13)16/h1-11,18H,12H2,(H,22,23)(H,24,25)/t18-/m0/s1. The summed E-state index contributed by atoms with van der Waals surface area (Å²) in [6.45, 7) is 0. The van der Waals surface area contributed by atoms with Crippen LogP contribution in [-0.4, -0.2) is 23.0 Å². The summed E-state index contributed by atoms with van der Waals surface area (Å²) < 4.78 is 0.978. The first-order valence-electron chi connectivity index (χ1n) is 7.81. The summed E-state index contributed by atoms with van der Waals surface area (Å²) in [5.41, 5.74) is 1.38. The molecule has 1 amide bonds. The predicted octanol–water partition coefficient (Wildman–Crippen LogP) is 3.87. The minimum atomic E-state index is -1.05. The van der Waals surface area contributed by atoms with Crippen molar-refractivity contribution in [3.05, 3.63) is 81.4 Å². The van der Waals surface area contributed by atoms with Crippen LogP contribution in [0.4, 0.5) is 0 Å². The van der Waals surface area contributed by atoms with Crippen LogP contribution in [0.2, 0.25) is 0 Å². The van der Waals surface area contributed by atoms with Crippen molar-refractivity contribution in [1.82, 2.24) is 5.32 Å². The lowest BCUT2D eigenvalue weighted by Gasteiger charge is -2.16. The molecule has 0 saturated heterocycles. The highest BCUT2D eigenvalue weighted by atomic mass is 127. The molecule has 3 aromatic rings. The molecule has 0 fully saturated rings. The summed E-state index contributed by atoms with van der Waals surface area (Å²) in [6, 6.07) is 19.6. The number of amides is 1. The molecule has 2 N–H and O–H groups in total. The maximum Gasteiger partial charge on any atom is 0.326 e. The zero-order valence-electron chi connectivity index (χ0n) is 13.3. The summed E-state index contributed by atoms with van der Waals surface area (Å²) in [5.74, 6) is -1.43. The van der Waals surface area contributed by atoms with Crippen molar-refractivity contribution in [2.24, 2.45) is 0 Å². The van der Waals surface area contributed by atoms with Crippen molar-refractivity contribution < 1.29 is 14.7 Å². The summed E-state index contributed by atoms with van der Waals surface area (Å²) >= 11 is 2.17. The molecule has 0 aliphatic rings. The van der Waals surface area contributed by atoms with Crippen LogP contribution in [0, 0.1) is 3.57 Å². The van der Waals surface area contributed by atoms with E-state index < -0.39 is 12.0 Å². The van der Waals surface area contributed by atoms with Crippen LogP contribution in [0.1, 0.15) is 15.9 Å². The van der Waals surface area contributed by atoms with Gasteiger partial charge in [-0.1, -0.05) is 54.6 Å². The molecular weight excluding hydrogens is 429 g/mol. The van der Waals surface area contributed by atoms with Crippen LogP contribution in [0.5, 0.6) is 0 Å². The molecule has 0 aliphatic heterocycles. The van der Waals surface area contributed by atoms with Crippen molar-refractivity contribution in [3.8, 4) is 0 Å².